The zero-order valence-corrected chi connectivity index (χ0v) is 13.0. The lowest BCUT2D eigenvalue weighted by Gasteiger charge is -2.24. The highest BCUT2D eigenvalue weighted by Gasteiger charge is 2.33. The lowest BCUT2D eigenvalue weighted by Crippen LogP contribution is -2.37. The SMILES string of the molecule is CCc1ccc(CN(C(=O)CC(CN)OC)C2CC2)cc1. The van der Waals surface area contributed by atoms with Crippen molar-refractivity contribution >= 4 is 5.91 Å². The zero-order valence-electron chi connectivity index (χ0n) is 13.0. The number of carbonyl (C=O) groups excluding carboxylic acids is 1. The summed E-state index contributed by atoms with van der Waals surface area (Å²) in [6.07, 6.45) is 3.45. The van der Waals surface area contributed by atoms with Gasteiger partial charge in [-0.05, 0) is 30.4 Å². The third-order valence-electron chi connectivity index (χ3n) is 4.09. The number of nitrogens with zero attached hydrogens (tertiary/aromatic N) is 1. The highest BCUT2D eigenvalue weighted by Crippen LogP contribution is 2.29. The van der Waals surface area contributed by atoms with Crippen LogP contribution in [0.2, 0.25) is 0 Å². The van der Waals surface area contributed by atoms with Gasteiger partial charge in [-0.15, -0.1) is 0 Å². The predicted octanol–water partition coefficient (Wildman–Crippen LogP) is 2.10. The number of benzene rings is 1. The van der Waals surface area contributed by atoms with E-state index in [1.807, 2.05) is 4.90 Å². The molecule has 0 radical (unpaired) electrons. The normalized spacial score (nSPS) is 15.8. The van der Waals surface area contributed by atoms with E-state index in [1.165, 1.54) is 11.1 Å². The number of ether oxygens (including phenoxy) is 1. The van der Waals surface area contributed by atoms with E-state index >= 15 is 0 Å². The van der Waals surface area contributed by atoms with Gasteiger partial charge in [0.2, 0.25) is 5.91 Å². The van der Waals surface area contributed by atoms with Crippen molar-refractivity contribution in [3.8, 4) is 0 Å². The molecule has 1 aromatic rings. The molecule has 1 saturated carbocycles. The summed E-state index contributed by atoms with van der Waals surface area (Å²) in [5.74, 6) is 0.148. The van der Waals surface area contributed by atoms with Gasteiger partial charge in [-0.1, -0.05) is 31.2 Å². The molecule has 116 valence electrons. The second-order valence-corrected chi connectivity index (χ2v) is 5.72. The van der Waals surface area contributed by atoms with Crippen LogP contribution in [0.3, 0.4) is 0 Å². The van der Waals surface area contributed by atoms with E-state index < -0.39 is 0 Å². The number of hydrogen-bond donors (Lipinski definition) is 1. The van der Waals surface area contributed by atoms with Crippen LogP contribution in [0.1, 0.15) is 37.3 Å². The van der Waals surface area contributed by atoms with Gasteiger partial charge >= 0.3 is 0 Å². The maximum absolute atomic E-state index is 12.5. The number of nitrogens with two attached hydrogens (primary N) is 1. The second kappa shape index (κ2) is 7.57. The standard InChI is InChI=1S/C17H26N2O2/c1-3-13-4-6-14(7-5-13)12-19(15-8-9-15)17(20)10-16(11-18)21-2/h4-7,15-16H,3,8-12,18H2,1-2H3. The zero-order chi connectivity index (χ0) is 15.2. The molecule has 0 saturated heterocycles. The van der Waals surface area contributed by atoms with E-state index in [0.717, 1.165) is 19.3 Å². The van der Waals surface area contributed by atoms with Crippen LogP contribution in [0, 0.1) is 0 Å². The first-order chi connectivity index (χ1) is 10.2. The molecule has 1 atom stereocenters. The molecule has 4 heteroatoms. The molecule has 0 aliphatic heterocycles. The molecular weight excluding hydrogens is 264 g/mol. The highest BCUT2D eigenvalue weighted by atomic mass is 16.5. The quantitative estimate of drug-likeness (QED) is 0.797. The second-order valence-electron chi connectivity index (χ2n) is 5.72. The van der Waals surface area contributed by atoms with Crippen LogP contribution in [0.4, 0.5) is 0 Å². The van der Waals surface area contributed by atoms with Crippen molar-refractivity contribution in [1.29, 1.82) is 0 Å². The largest absolute Gasteiger partial charge is 0.380 e. The fourth-order valence-electron chi connectivity index (χ4n) is 2.46. The summed E-state index contributed by atoms with van der Waals surface area (Å²) < 4.78 is 5.23. The van der Waals surface area contributed by atoms with E-state index in [9.17, 15) is 4.79 Å². The Labute approximate surface area is 127 Å². The van der Waals surface area contributed by atoms with Crippen LogP contribution in [0.25, 0.3) is 0 Å². The predicted molar refractivity (Wildman–Crippen MR) is 83.9 cm³/mol. The third kappa shape index (κ3) is 4.55. The third-order valence-corrected chi connectivity index (χ3v) is 4.09. The first-order valence-electron chi connectivity index (χ1n) is 7.78. The fraction of sp³-hybridized carbons (Fsp3) is 0.588. The van der Waals surface area contributed by atoms with Gasteiger partial charge in [-0.2, -0.15) is 0 Å². The molecule has 2 N–H and O–H groups in total. The molecule has 1 aromatic carbocycles. The maximum atomic E-state index is 12.5. The molecule has 1 amide bonds. The Morgan fingerprint density at radius 1 is 1.33 bits per heavy atom. The van der Waals surface area contributed by atoms with E-state index in [0.29, 0.717) is 25.6 Å². The molecule has 4 nitrogen and oxygen atoms in total. The van der Waals surface area contributed by atoms with Gasteiger partial charge < -0.3 is 15.4 Å². The number of carbonyl (C=O) groups is 1. The minimum atomic E-state index is -0.179. The number of methoxy groups -OCH3 is 1. The van der Waals surface area contributed by atoms with Crippen LogP contribution in [0.5, 0.6) is 0 Å². The van der Waals surface area contributed by atoms with Gasteiger partial charge in [0.25, 0.3) is 0 Å². The van der Waals surface area contributed by atoms with Crippen LogP contribution in [-0.2, 0) is 22.5 Å². The summed E-state index contributed by atoms with van der Waals surface area (Å²) >= 11 is 0. The van der Waals surface area contributed by atoms with Crippen molar-refractivity contribution in [1.82, 2.24) is 4.90 Å². The van der Waals surface area contributed by atoms with Gasteiger partial charge in [-0.25, -0.2) is 0 Å². The Balaban J connectivity index is 1.99. The minimum absolute atomic E-state index is 0.148. The molecule has 1 aliphatic rings. The minimum Gasteiger partial charge on any atom is -0.380 e. The molecule has 1 fully saturated rings. The Kier molecular flexibility index (Phi) is 5.76. The van der Waals surface area contributed by atoms with Crippen molar-refractivity contribution in [2.75, 3.05) is 13.7 Å². The molecule has 0 aromatic heterocycles. The lowest BCUT2D eigenvalue weighted by molar-refractivity contribution is -0.134. The summed E-state index contributed by atoms with van der Waals surface area (Å²) in [6.45, 7) is 3.22. The van der Waals surface area contributed by atoms with Crippen molar-refractivity contribution in [2.24, 2.45) is 5.73 Å². The fourth-order valence-corrected chi connectivity index (χ4v) is 2.46. The van der Waals surface area contributed by atoms with Crippen molar-refractivity contribution in [2.45, 2.75) is 51.3 Å². The molecule has 1 aliphatic carbocycles. The van der Waals surface area contributed by atoms with E-state index in [2.05, 4.69) is 31.2 Å². The summed E-state index contributed by atoms with van der Waals surface area (Å²) in [7, 11) is 1.61. The Bertz CT molecular complexity index is 450. The van der Waals surface area contributed by atoms with E-state index in [1.54, 1.807) is 7.11 Å². The van der Waals surface area contributed by atoms with E-state index in [4.69, 9.17) is 10.5 Å². The first kappa shape index (κ1) is 16.0. The van der Waals surface area contributed by atoms with Crippen LogP contribution >= 0.6 is 0 Å². The van der Waals surface area contributed by atoms with Crippen LogP contribution in [0.15, 0.2) is 24.3 Å². The topological polar surface area (TPSA) is 55.6 Å². The van der Waals surface area contributed by atoms with Gasteiger partial charge in [0.1, 0.15) is 0 Å². The smallest absolute Gasteiger partial charge is 0.225 e. The molecule has 21 heavy (non-hydrogen) atoms. The van der Waals surface area contributed by atoms with Gasteiger partial charge in [0, 0.05) is 26.2 Å². The monoisotopic (exact) mass is 290 g/mol. The number of rotatable bonds is 8. The molecule has 1 unspecified atom stereocenters. The molecular formula is C17H26N2O2. The lowest BCUT2D eigenvalue weighted by atomic mass is 10.1. The van der Waals surface area contributed by atoms with Crippen molar-refractivity contribution in [3.05, 3.63) is 35.4 Å². The summed E-state index contributed by atoms with van der Waals surface area (Å²) in [5, 5.41) is 0. The van der Waals surface area contributed by atoms with Gasteiger partial charge in [0.15, 0.2) is 0 Å². The van der Waals surface area contributed by atoms with Gasteiger partial charge in [0.05, 0.1) is 12.5 Å². The Morgan fingerprint density at radius 3 is 2.43 bits per heavy atom. The average molecular weight is 290 g/mol. The number of hydrogen-bond acceptors (Lipinski definition) is 3. The van der Waals surface area contributed by atoms with Crippen LogP contribution in [-0.4, -0.2) is 36.6 Å². The first-order valence-corrected chi connectivity index (χ1v) is 7.78. The number of aryl methyl sites for hydroxylation is 1. The molecule has 0 heterocycles. The Hall–Kier alpha value is -1.39. The molecule has 2 rings (SSSR count). The number of amides is 1. The van der Waals surface area contributed by atoms with E-state index in [-0.39, 0.29) is 12.0 Å². The maximum Gasteiger partial charge on any atom is 0.225 e. The van der Waals surface area contributed by atoms with Crippen molar-refractivity contribution < 1.29 is 9.53 Å². The summed E-state index contributed by atoms with van der Waals surface area (Å²) in [4.78, 5) is 14.5. The Morgan fingerprint density at radius 2 is 1.95 bits per heavy atom. The van der Waals surface area contributed by atoms with Crippen molar-refractivity contribution in [3.63, 3.8) is 0 Å². The average Bonchev–Trinajstić information content (AvgIpc) is 3.35. The highest BCUT2D eigenvalue weighted by molar-refractivity contribution is 5.77. The summed E-state index contributed by atoms with van der Waals surface area (Å²) in [6, 6.07) is 8.93. The molecule has 0 spiro atoms. The van der Waals surface area contributed by atoms with Gasteiger partial charge in [-0.3, -0.25) is 4.79 Å². The summed E-state index contributed by atoms with van der Waals surface area (Å²) in [5.41, 5.74) is 8.13. The molecule has 0 bridgehead atoms. The van der Waals surface area contributed by atoms with Crippen LogP contribution < -0.4 is 5.73 Å².